The lowest BCUT2D eigenvalue weighted by Crippen LogP contribution is -2.12. The lowest BCUT2D eigenvalue weighted by atomic mass is 9.96. The number of rotatable bonds is 1. The van der Waals surface area contributed by atoms with Crippen molar-refractivity contribution in [1.82, 2.24) is 0 Å². The van der Waals surface area contributed by atoms with Crippen LogP contribution in [-0.4, -0.2) is 5.71 Å². The number of hydrogen-bond donors (Lipinski definition) is 0. The summed E-state index contributed by atoms with van der Waals surface area (Å²) in [7, 11) is 0. The van der Waals surface area contributed by atoms with Gasteiger partial charge in [0.1, 0.15) is 0 Å². The van der Waals surface area contributed by atoms with E-state index in [-0.39, 0.29) is 0 Å². The highest BCUT2D eigenvalue weighted by Gasteiger charge is 2.14. The zero-order valence-electron chi connectivity index (χ0n) is 8.55. The Balaban J connectivity index is 2.40. The molecular formula is C12H14ClN. The van der Waals surface area contributed by atoms with Crippen LogP contribution in [0.3, 0.4) is 0 Å². The molecule has 0 amide bonds. The summed E-state index contributed by atoms with van der Waals surface area (Å²) in [5, 5.41) is 0.812. The van der Waals surface area contributed by atoms with E-state index in [1.165, 1.54) is 11.3 Å². The molecule has 1 heterocycles. The molecule has 0 N–H and O–H groups in total. The van der Waals surface area contributed by atoms with Crippen molar-refractivity contribution in [2.24, 2.45) is 10.9 Å². The first kappa shape index (κ1) is 9.72. The summed E-state index contributed by atoms with van der Waals surface area (Å²) in [6, 6.07) is 5.95. The predicted molar refractivity (Wildman–Crippen MR) is 61.7 cm³/mol. The van der Waals surface area contributed by atoms with E-state index in [1.54, 1.807) is 0 Å². The monoisotopic (exact) mass is 207 g/mol. The molecule has 0 saturated heterocycles. The van der Waals surface area contributed by atoms with Gasteiger partial charge in [0.15, 0.2) is 0 Å². The number of hydrogen-bond acceptors (Lipinski definition) is 1. The van der Waals surface area contributed by atoms with Crippen LogP contribution in [-0.2, 0) is 6.42 Å². The van der Waals surface area contributed by atoms with E-state index in [2.05, 4.69) is 18.8 Å². The maximum atomic E-state index is 5.93. The molecule has 0 radical (unpaired) electrons. The minimum Gasteiger partial charge on any atom is -0.257 e. The van der Waals surface area contributed by atoms with Crippen LogP contribution >= 0.6 is 11.6 Å². The van der Waals surface area contributed by atoms with E-state index in [9.17, 15) is 0 Å². The molecule has 0 spiro atoms. The van der Waals surface area contributed by atoms with Gasteiger partial charge in [-0.1, -0.05) is 25.4 Å². The average molecular weight is 208 g/mol. The van der Waals surface area contributed by atoms with E-state index in [0.717, 1.165) is 23.6 Å². The Morgan fingerprint density at radius 1 is 1.29 bits per heavy atom. The van der Waals surface area contributed by atoms with Crippen molar-refractivity contribution in [3.63, 3.8) is 0 Å². The minimum absolute atomic E-state index is 0.554. The van der Waals surface area contributed by atoms with E-state index in [4.69, 9.17) is 11.6 Å². The number of aryl methyl sites for hydroxylation is 1. The Bertz CT molecular complexity index is 380. The molecule has 14 heavy (non-hydrogen) atoms. The Labute approximate surface area is 89.8 Å². The number of fused-ring (bicyclic) bond motifs is 1. The number of benzene rings is 1. The molecule has 0 aliphatic carbocycles. The Morgan fingerprint density at radius 3 is 2.79 bits per heavy atom. The van der Waals surface area contributed by atoms with Gasteiger partial charge in [0.25, 0.3) is 0 Å². The van der Waals surface area contributed by atoms with Crippen molar-refractivity contribution >= 4 is 23.0 Å². The van der Waals surface area contributed by atoms with Gasteiger partial charge >= 0.3 is 0 Å². The molecule has 1 aliphatic rings. The fourth-order valence-electron chi connectivity index (χ4n) is 1.75. The smallest absolute Gasteiger partial charge is 0.0662 e. The second kappa shape index (κ2) is 3.74. The topological polar surface area (TPSA) is 12.4 Å². The maximum Gasteiger partial charge on any atom is 0.0662 e. The van der Waals surface area contributed by atoms with E-state index >= 15 is 0 Å². The van der Waals surface area contributed by atoms with Crippen LogP contribution in [0.2, 0.25) is 5.02 Å². The Kier molecular flexibility index (Phi) is 2.60. The molecule has 0 bridgehead atoms. The molecule has 2 heteroatoms. The first-order valence-corrected chi connectivity index (χ1v) is 5.40. The van der Waals surface area contributed by atoms with Gasteiger partial charge in [-0.2, -0.15) is 0 Å². The lowest BCUT2D eigenvalue weighted by Gasteiger charge is -2.17. The summed E-state index contributed by atoms with van der Waals surface area (Å²) < 4.78 is 0. The largest absolute Gasteiger partial charge is 0.257 e. The molecule has 1 aliphatic heterocycles. The molecule has 2 rings (SSSR count). The third-order valence-corrected chi connectivity index (χ3v) is 2.86. The molecule has 1 nitrogen and oxygen atoms in total. The van der Waals surface area contributed by atoms with Crippen LogP contribution in [0.5, 0.6) is 0 Å². The molecular weight excluding hydrogens is 194 g/mol. The van der Waals surface area contributed by atoms with E-state index in [1.807, 2.05) is 18.2 Å². The average Bonchev–Trinajstić information content (AvgIpc) is 2.16. The van der Waals surface area contributed by atoms with E-state index < -0.39 is 0 Å². The summed E-state index contributed by atoms with van der Waals surface area (Å²) in [4.78, 5) is 4.64. The van der Waals surface area contributed by atoms with Crippen molar-refractivity contribution in [2.75, 3.05) is 0 Å². The SMILES string of the molecule is CC(C)C1=Nc2ccc(Cl)cc2CC1. The van der Waals surface area contributed by atoms with Crippen molar-refractivity contribution in [1.29, 1.82) is 0 Å². The zero-order chi connectivity index (χ0) is 10.1. The van der Waals surface area contributed by atoms with Crippen LogP contribution in [0.15, 0.2) is 23.2 Å². The number of halogens is 1. The van der Waals surface area contributed by atoms with Gasteiger partial charge in [-0.05, 0) is 42.5 Å². The van der Waals surface area contributed by atoms with Crippen LogP contribution in [0.4, 0.5) is 5.69 Å². The highest BCUT2D eigenvalue weighted by atomic mass is 35.5. The van der Waals surface area contributed by atoms with Crippen LogP contribution < -0.4 is 0 Å². The molecule has 1 aromatic carbocycles. The molecule has 1 aromatic rings. The van der Waals surface area contributed by atoms with Crippen molar-refractivity contribution in [3.05, 3.63) is 28.8 Å². The number of aliphatic imine (C=N–C) groups is 1. The lowest BCUT2D eigenvalue weighted by molar-refractivity contribution is 0.826. The molecule has 74 valence electrons. The van der Waals surface area contributed by atoms with Crippen LogP contribution in [0, 0.1) is 5.92 Å². The van der Waals surface area contributed by atoms with Crippen molar-refractivity contribution < 1.29 is 0 Å². The van der Waals surface area contributed by atoms with Gasteiger partial charge in [-0.15, -0.1) is 0 Å². The van der Waals surface area contributed by atoms with Crippen molar-refractivity contribution in [3.8, 4) is 0 Å². The van der Waals surface area contributed by atoms with Gasteiger partial charge in [-0.25, -0.2) is 0 Å². The molecule has 0 unspecified atom stereocenters. The standard InChI is InChI=1S/C12H14ClN/c1-8(2)11-5-3-9-7-10(13)4-6-12(9)14-11/h4,6-8H,3,5H2,1-2H3. The van der Waals surface area contributed by atoms with Gasteiger partial charge in [0.2, 0.25) is 0 Å². The third-order valence-electron chi connectivity index (χ3n) is 2.62. The minimum atomic E-state index is 0.554. The first-order valence-electron chi connectivity index (χ1n) is 5.02. The molecule has 0 fully saturated rings. The molecule has 0 atom stereocenters. The third kappa shape index (κ3) is 1.83. The Morgan fingerprint density at radius 2 is 2.07 bits per heavy atom. The number of nitrogens with zero attached hydrogens (tertiary/aromatic N) is 1. The Hall–Kier alpha value is -0.820. The normalized spacial score (nSPS) is 15.3. The predicted octanol–water partition coefficient (Wildman–Crippen LogP) is 4.01. The second-order valence-corrected chi connectivity index (χ2v) is 4.47. The van der Waals surface area contributed by atoms with Gasteiger partial charge < -0.3 is 0 Å². The van der Waals surface area contributed by atoms with Crippen LogP contribution in [0.25, 0.3) is 0 Å². The second-order valence-electron chi connectivity index (χ2n) is 4.03. The van der Waals surface area contributed by atoms with Gasteiger partial charge in [0.05, 0.1) is 5.69 Å². The fraction of sp³-hybridized carbons (Fsp3) is 0.417. The van der Waals surface area contributed by atoms with E-state index in [0.29, 0.717) is 5.92 Å². The zero-order valence-corrected chi connectivity index (χ0v) is 9.30. The quantitative estimate of drug-likeness (QED) is 0.660. The van der Waals surface area contributed by atoms with Crippen molar-refractivity contribution in [2.45, 2.75) is 26.7 Å². The van der Waals surface area contributed by atoms with Gasteiger partial charge in [-0.3, -0.25) is 4.99 Å². The summed E-state index contributed by atoms with van der Waals surface area (Å²) >= 11 is 5.93. The summed E-state index contributed by atoms with van der Waals surface area (Å²) in [5.41, 5.74) is 3.69. The molecule has 0 saturated carbocycles. The highest BCUT2D eigenvalue weighted by molar-refractivity contribution is 6.30. The molecule has 0 aromatic heterocycles. The van der Waals surface area contributed by atoms with Crippen LogP contribution in [0.1, 0.15) is 25.8 Å². The summed E-state index contributed by atoms with van der Waals surface area (Å²) in [6.45, 7) is 4.39. The summed E-state index contributed by atoms with van der Waals surface area (Å²) in [5.74, 6) is 0.554. The van der Waals surface area contributed by atoms with Gasteiger partial charge in [0, 0.05) is 10.7 Å². The summed E-state index contributed by atoms with van der Waals surface area (Å²) in [6.07, 6.45) is 2.15. The first-order chi connectivity index (χ1) is 6.66. The highest BCUT2D eigenvalue weighted by Crippen LogP contribution is 2.29. The fourth-order valence-corrected chi connectivity index (χ4v) is 1.95. The maximum absolute atomic E-state index is 5.93.